The van der Waals surface area contributed by atoms with Crippen LogP contribution in [0.25, 0.3) is 0 Å². The third-order valence-electron chi connectivity index (χ3n) is 3.12. The Morgan fingerprint density at radius 3 is 2.67 bits per heavy atom. The number of hydrogen-bond acceptors (Lipinski definition) is 2. The number of ether oxygens (including phenoxy) is 1. The summed E-state index contributed by atoms with van der Waals surface area (Å²) in [4.78, 5) is 0. The number of halogens is 2. The second-order valence-corrected chi connectivity index (χ2v) is 5.81. The van der Waals surface area contributed by atoms with E-state index in [0.717, 1.165) is 30.8 Å². The fourth-order valence-corrected chi connectivity index (χ4v) is 2.38. The molecule has 0 aliphatic rings. The quantitative estimate of drug-likeness (QED) is 0.723. The molecule has 0 unspecified atom stereocenters. The Morgan fingerprint density at radius 1 is 1.14 bits per heavy atom. The number of hydrogen-bond donors (Lipinski definition) is 1. The van der Waals surface area contributed by atoms with E-state index in [4.69, 9.17) is 4.74 Å². The lowest BCUT2D eigenvalue weighted by molar-refractivity contribution is 0.472. The molecule has 0 spiro atoms. The first-order valence-corrected chi connectivity index (χ1v) is 7.82. The summed E-state index contributed by atoms with van der Waals surface area (Å²) in [6.45, 7) is 5.95. The van der Waals surface area contributed by atoms with Gasteiger partial charge in [0.25, 0.3) is 0 Å². The Labute approximate surface area is 133 Å². The highest BCUT2D eigenvalue weighted by Gasteiger charge is 2.07. The van der Waals surface area contributed by atoms with Crippen molar-refractivity contribution in [3.05, 3.63) is 57.8 Å². The summed E-state index contributed by atoms with van der Waals surface area (Å²) in [6.07, 6.45) is 1.11. The zero-order chi connectivity index (χ0) is 15.2. The van der Waals surface area contributed by atoms with E-state index in [1.807, 2.05) is 19.1 Å². The summed E-state index contributed by atoms with van der Waals surface area (Å²) in [7, 11) is 0. The Bertz CT molecular complexity index is 616. The minimum absolute atomic E-state index is 0.288. The van der Waals surface area contributed by atoms with E-state index in [1.54, 1.807) is 6.07 Å². The molecule has 112 valence electrons. The highest BCUT2D eigenvalue weighted by atomic mass is 79.9. The van der Waals surface area contributed by atoms with Gasteiger partial charge in [-0.15, -0.1) is 0 Å². The highest BCUT2D eigenvalue weighted by molar-refractivity contribution is 9.10. The fraction of sp³-hybridized carbons (Fsp3) is 0.294. The first-order valence-electron chi connectivity index (χ1n) is 7.03. The third-order valence-corrected chi connectivity index (χ3v) is 3.74. The summed E-state index contributed by atoms with van der Waals surface area (Å²) >= 11 is 3.32. The molecular weight excluding hydrogens is 333 g/mol. The van der Waals surface area contributed by atoms with Gasteiger partial charge in [0.2, 0.25) is 0 Å². The normalized spacial score (nSPS) is 10.7. The van der Waals surface area contributed by atoms with E-state index >= 15 is 0 Å². The molecule has 0 radical (unpaired) electrons. The number of aryl methyl sites for hydroxylation is 1. The van der Waals surface area contributed by atoms with Crippen molar-refractivity contribution in [2.45, 2.75) is 26.8 Å². The lowest BCUT2D eigenvalue weighted by atomic mass is 10.1. The average molecular weight is 352 g/mol. The van der Waals surface area contributed by atoms with Crippen molar-refractivity contribution in [1.82, 2.24) is 5.32 Å². The monoisotopic (exact) mass is 351 g/mol. The van der Waals surface area contributed by atoms with Crippen molar-refractivity contribution in [2.24, 2.45) is 0 Å². The number of nitrogens with one attached hydrogen (secondary N) is 1. The molecule has 0 saturated heterocycles. The van der Waals surface area contributed by atoms with Crippen LogP contribution in [-0.2, 0) is 6.54 Å². The predicted molar refractivity (Wildman–Crippen MR) is 87.4 cm³/mol. The molecule has 1 N–H and O–H groups in total. The highest BCUT2D eigenvalue weighted by Crippen LogP contribution is 2.32. The molecule has 0 heterocycles. The second-order valence-electron chi connectivity index (χ2n) is 4.95. The topological polar surface area (TPSA) is 21.3 Å². The predicted octanol–water partition coefficient (Wildman–Crippen LogP) is 5.19. The van der Waals surface area contributed by atoms with Crippen molar-refractivity contribution in [1.29, 1.82) is 0 Å². The maximum Gasteiger partial charge on any atom is 0.141 e. The maximum absolute atomic E-state index is 13.1. The Balaban J connectivity index is 2.16. The third kappa shape index (κ3) is 4.55. The number of rotatable bonds is 6. The van der Waals surface area contributed by atoms with E-state index < -0.39 is 0 Å². The van der Waals surface area contributed by atoms with E-state index in [0.29, 0.717) is 10.2 Å². The molecule has 0 aromatic heterocycles. The van der Waals surface area contributed by atoms with Crippen LogP contribution in [0.3, 0.4) is 0 Å². The van der Waals surface area contributed by atoms with Crippen LogP contribution in [0, 0.1) is 12.7 Å². The van der Waals surface area contributed by atoms with Crippen LogP contribution in [0.5, 0.6) is 11.5 Å². The van der Waals surface area contributed by atoms with Gasteiger partial charge in [-0.05, 0) is 71.2 Å². The molecule has 2 nitrogen and oxygen atoms in total. The van der Waals surface area contributed by atoms with Crippen LogP contribution in [0.4, 0.5) is 4.39 Å². The van der Waals surface area contributed by atoms with Gasteiger partial charge in [0.05, 0.1) is 4.47 Å². The van der Waals surface area contributed by atoms with E-state index in [-0.39, 0.29) is 5.82 Å². The lowest BCUT2D eigenvalue weighted by Crippen LogP contribution is -2.13. The molecule has 4 heteroatoms. The van der Waals surface area contributed by atoms with Crippen LogP contribution in [-0.4, -0.2) is 6.54 Å². The Hall–Kier alpha value is -1.39. The zero-order valence-corrected chi connectivity index (χ0v) is 13.8. The molecule has 21 heavy (non-hydrogen) atoms. The molecule has 2 aromatic rings. The molecule has 0 aliphatic carbocycles. The Morgan fingerprint density at radius 2 is 1.95 bits per heavy atom. The summed E-state index contributed by atoms with van der Waals surface area (Å²) in [6, 6.07) is 10.6. The van der Waals surface area contributed by atoms with Crippen molar-refractivity contribution < 1.29 is 9.13 Å². The molecule has 0 atom stereocenters. The van der Waals surface area contributed by atoms with E-state index in [2.05, 4.69) is 34.2 Å². The van der Waals surface area contributed by atoms with Crippen molar-refractivity contribution in [3.8, 4) is 11.5 Å². The van der Waals surface area contributed by atoms with Gasteiger partial charge < -0.3 is 10.1 Å². The van der Waals surface area contributed by atoms with Crippen LogP contribution in [0.15, 0.2) is 40.9 Å². The van der Waals surface area contributed by atoms with Gasteiger partial charge in [-0.2, -0.15) is 0 Å². The average Bonchev–Trinajstić information content (AvgIpc) is 2.45. The maximum atomic E-state index is 13.1. The van der Waals surface area contributed by atoms with Gasteiger partial charge in [0.15, 0.2) is 0 Å². The summed E-state index contributed by atoms with van der Waals surface area (Å²) in [5.41, 5.74) is 2.22. The molecule has 0 fully saturated rings. The molecule has 0 bridgehead atoms. The van der Waals surface area contributed by atoms with Gasteiger partial charge in [-0.25, -0.2) is 4.39 Å². The second kappa shape index (κ2) is 7.57. The van der Waals surface area contributed by atoms with Crippen molar-refractivity contribution >= 4 is 15.9 Å². The van der Waals surface area contributed by atoms with Gasteiger partial charge in [0.1, 0.15) is 17.3 Å². The molecular formula is C17H19BrFNO. The lowest BCUT2D eigenvalue weighted by Gasteiger charge is -2.12. The fourth-order valence-electron chi connectivity index (χ4n) is 1.95. The molecule has 0 amide bonds. The van der Waals surface area contributed by atoms with E-state index in [1.165, 1.54) is 17.7 Å². The summed E-state index contributed by atoms with van der Waals surface area (Å²) < 4.78 is 19.6. The SMILES string of the molecule is CCCNCc1ccc(C)c(Oc2ccc(F)cc2Br)c1. The minimum atomic E-state index is -0.288. The molecule has 2 aromatic carbocycles. The number of benzene rings is 2. The van der Waals surface area contributed by atoms with Gasteiger partial charge in [-0.1, -0.05) is 19.1 Å². The van der Waals surface area contributed by atoms with Crippen molar-refractivity contribution in [2.75, 3.05) is 6.54 Å². The smallest absolute Gasteiger partial charge is 0.141 e. The molecule has 0 saturated carbocycles. The van der Waals surface area contributed by atoms with Gasteiger partial charge in [-0.3, -0.25) is 0 Å². The van der Waals surface area contributed by atoms with Gasteiger partial charge >= 0.3 is 0 Å². The van der Waals surface area contributed by atoms with Crippen LogP contribution in [0.2, 0.25) is 0 Å². The zero-order valence-electron chi connectivity index (χ0n) is 12.2. The molecule has 2 rings (SSSR count). The molecule has 0 aliphatic heterocycles. The first-order chi connectivity index (χ1) is 10.1. The van der Waals surface area contributed by atoms with Crippen LogP contribution >= 0.6 is 15.9 Å². The minimum Gasteiger partial charge on any atom is -0.456 e. The summed E-state index contributed by atoms with van der Waals surface area (Å²) in [5, 5.41) is 3.37. The van der Waals surface area contributed by atoms with Gasteiger partial charge in [0, 0.05) is 6.54 Å². The largest absolute Gasteiger partial charge is 0.456 e. The first kappa shape index (κ1) is 16.0. The van der Waals surface area contributed by atoms with Crippen LogP contribution in [0.1, 0.15) is 24.5 Å². The van der Waals surface area contributed by atoms with Crippen LogP contribution < -0.4 is 10.1 Å². The Kier molecular flexibility index (Phi) is 5.76. The summed E-state index contributed by atoms with van der Waals surface area (Å²) in [5.74, 6) is 1.11. The van der Waals surface area contributed by atoms with E-state index in [9.17, 15) is 4.39 Å². The standard InChI is InChI=1S/C17H19BrFNO/c1-3-8-20-11-13-5-4-12(2)17(9-13)21-16-7-6-14(19)10-15(16)18/h4-7,9-10,20H,3,8,11H2,1-2H3. The van der Waals surface area contributed by atoms with Crippen molar-refractivity contribution in [3.63, 3.8) is 0 Å².